The SMILES string of the molecule is CCCCCCCCCCCCCCCCCCN1C=CN(CCCCCCCC)C1CCCCCCCCCCCCCC. The average Bonchev–Trinajstić information content (AvgIpc) is 3.43. The van der Waals surface area contributed by atoms with Crippen LogP contribution in [0.1, 0.15) is 245 Å². The van der Waals surface area contributed by atoms with Crippen LogP contribution in [-0.4, -0.2) is 29.1 Å². The van der Waals surface area contributed by atoms with Crippen LogP contribution < -0.4 is 0 Å². The van der Waals surface area contributed by atoms with E-state index in [0.717, 1.165) is 0 Å². The van der Waals surface area contributed by atoms with Crippen molar-refractivity contribution in [3.8, 4) is 0 Å². The summed E-state index contributed by atoms with van der Waals surface area (Å²) in [5.41, 5.74) is 0. The number of nitrogens with zero attached hydrogens (tertiary/aromatic N) is 2. The summed E-state index contributed by atoms with van der Waals surface area (Å²) < 4.78 is 0. The van der Waals surface area contributed by atoms with Crippen LogP contribution in [0.4, 0.5) is 0 Å². The van der Waals surface area contributed by atoms with E-state index in [0.29, 0.717) is 6.17 Å². The Morgan fingerprint density at radius 3 is 0.778 bits per heavy atom. The lowest BCUT2D eigenvalue weighted by atomic mass is 10.0. The van der Waals surface area contributed by atoms with E-state index in [2.05, 4.69) is 43.0 Å². The Balaban J connectivity index is 2.14. The van der Waals surface area contributed by atoms with Crippen molar-refractivity contribution in [1.29, 1.82) is 0 Å². The van der Waals surface area contributed by atoms with Crippen LogP contribution in [-0.2, 0) is 0 Å². The molecule has 1 aliphatic rings. The van der Waals surface area contributed by atoms with Crippen molar-refractivity contribution in [2.24, 2.45) is 0 Å². The molecule has 1 aliphatic heterocycles. The first-order valence-electron chi connectivity index (χ1n) is 21.5. The van der Waals surface area contributed by atoms with Crippen molar-refractivity contribution in [2.75, 3.05) is 13.1 Å². The highest BCUT2D eigenvalue weighted by Gasteiger charge is 2.24. The molecule has 1 unspecified atom stereocenters. The molecule has 0 bridgehead atoms. The van der Waals surface area contributed by atoms with Gasteiger partial charge in [0, 0.05) is 25.5 Å². The molecule has 2 heteroatoms. The summed E-state index contributed by atoms with van der Waals surface area (Å²) >= 11 is 0. The van der Waals surface area contributed by atoms with Crippen molar-refractivity contribution in [3.05, 3.63) is 12.4 Å². The van der Waals surface area contributed by atoms with Gasteiger partial charge in [0.15, 0.2) is 0 Å². The standard InChI is InChI=1S/C43H86N2/c1-4-7-10-13-16-18-20-22-23-24-25-27-29-31-34-37-40-45-42-41-44(39-36-33-15-12-9-6-3)43(45)38-35-32-30-28-26-21-19-17-14-11-8-5-2/h41-43H,4-40H2,1-3H3. The number of rotatable bonds is 37. The summed E-state index contributed by atoms with van der Waals surface area (Å²) in [4.78, 5) is 5.43. The van der Waals surface area contributed by atoms with E-state index in [9.17, 15) is 0 Å². The molecule has 0 amide bonds. The Labute approximate surface area is 286 Å². The second-order valence-corrected chi connectivity index (χ2v) is 15.0. The van der Waals surface area contributed by atoms with E-state index in [1.165, 1.54) is 238 Å². The van der Waals surface area contributed by atoms with E-state index in [-0.39, 0.29) is 0 Å². The van der Waals surface area contributed by atoms with Gasteiger partial charge < -0.3 is 9.80 Å². The summed E-state index contributed by atoms with van der Waals surface area (Å²) in [6.45, 7) is 9.48. The minimum atomic E-state index is 0.639. The molecule has 0 saturated heterocycles. The molecule has 2 nitrogen and oxygen atoms in total. The highest BCUT2D eigenvalue weighted by atomic mass is 15.4. The quantitative estimate of drug-likeness (QED) is 0.0630. The summed E-state index contributed by atoms with van der Waals surface area (Å²) in [6, 6.07) is 0. The normalized spacial score (nSPS) is 14.8. The fourth-order valence-corrected chi connectivity index (χ4v) is 7.42. The second kappa shape index (κ2) is 34.7. The Morgan fingerprint density at radius 2 is 0.511 bits per heavy atom. The molecule has 0 radical (unpaired) electrons. The summed E-state index contributed by atoms with van der Waals surface area (Å²) in [5.74, 6) is 0. The minimum Gasteiger partial charge on any atom is -0.356 e. The van der Waals surface area contributed by atoms with Gasteiger partial charge in [0.1, 0.15) is 6.17 Å². The molecule has 1 rings (SSSR count). The number of unbranched alkanes of at least 4 members (excludes halogenated alkanes) is 31. The molecule has 1 atom stereocenters. The Kier molecular flexibility index (Phi) is 32.6. The Bertz CT molecular complexity index is 586. The predicted octanol–water partition coefficient (Wildman–Crippen LogP) is 15.1. The molecule has 0 saturated carbocycles. The molecule has 268 valence electrons. The van der Waals surface area contributed by atoms with Crippen LogP contribution in [0, 0.1) is 0 Å². The molecule has 0 aromatic carbocycles. The van der Waals surface area contributed by atoms with Gasteiger partial charge in [-0.25, -0.2) is 0 Å². The highest BCUT2D eigenvalue weighted by Crippen LogP contribution is 2.24. The zero-order valence-corrected chi connectivity index (χ0v) is 31.8. The predicted molar refractivity (Wildman–Crippen MR) is 205 cm³/mol. The Hall–Kier alpha value is -0.660. The van der Waals surface area contributed by atoms with E-state index in [1.807, 2.05) is 0 Å². The van der Waals surface area contributed by atoms with Gasteiger partial charge in [-0.05, 0) is 25.7 Å². The average molecular weight is 631 g/mol. The van der Waals surface area contributed by atoms with Crippen molar-refractivity contribution >= 4 is 0 Å². The molecule has 0 fully saturated rings. The van der Waals surface area contributed by atoms with Crippen molar-refractivity contribution in [1.82, 2.24) is 9.80 Å². The third-order valence-electron chi connectivity index (χ3n) is 10.6. The van der Waals surface area contributed by atoms with E-state index in [4.69, 9.17) is 0 Å². The van der Waals surface area contributed by atoms with Crippen LogP contribution in [0.25, 0.3) is 0 Å². The Morgan fingerprint density at radius 1 is 0.289 bits per heavy atom. The van der Waals surface area contributed by atoms with Crippen LogP contribution in [0.3, 0.4) is 0 Å². The fraction of sp³-hybridized carbons (Fsp3) is 0.953. The maximum absolute atomic E-state index is 2.72. The molecule has 0 aromatic rings. The first-order valence-corrected chi connectivity index (χ1v) is 21.5. The smallest absolute Gasteiger partial charge is 0.101 e. The minimum absolute atomic E-state index is 0.639. The number of hydrogen-bond donors (Lipinski definition) is 0. The third-order valence-corrected chi connectivity index (χ3v) is 10.6. The van der Waals surface area contributed by atoms with Gasteiger partial charge in [-0.1, -0.05) is 220 Å². The molecular weight excluding hydrogens is 544 g/mol. The lowest BCUT2D eigenvalue weighted by molar-refractivity contribution is 0.135. The summed E-state index contributed by atoms with van der Waals surface area (Å²) in [7, 11) is 0. The van der Waals surface area contributed by atoms with Gasteiger partial charge in [-0.3, -0.25) is 0 Å². The third kappa shape index (κ3) is 27.0. The molecule has 0 aromatic heterocycles. The first kappa shape index (κ1) is 42.4. The second-order valence-electron chi connectivity index (χ2n) is 15.0. The summed E-state index contributed by atoms with van der Waals surface area (Å²) in [6.07, 6.45) is 55.9. The number of hydrogen-bond acceptors (Lipinski definition) is 2. The molecule has 0 N–H and O–H groups in total. The topological polar surface area (TPSA) is 6.48 Å². The first-order chi connectivity index (χ1) is 22.3. The maximum atomic E-state index is 2.72. The molecule has 1 heterocycles. The van der Waals surface area contributed by atoms with E-state index >= 15 is 0 Å². The maximum Gasteiger partial charge on any atom is 0.101 e. The van der Waals surface area contributed by atoms with E-state index < -0.39 is 0 Å². The highest BCUT2D eigenvalue weighted by molar-refractivity contribution is 4.97. The van der Waals surface area contributed by atoms with Gasteiger partial charge in [0.05, 0.1) is 0 Å². The monoisotopic (exact) mass is 631 g/mol. The van der Waals surface area contributed by atoms with Gasteiger partial charge in [-0.2, -0.15) is 0 Å². The fourth-order valence-electron chi connectivity index (χ4n) is 7.42. The van der Waals surface area contributed by atoms with Gasteiger partial charge in [-0.15, -0.1) is 0 Å². The van der Waals surface area contributed by atoms with Gasteiger partial charge in [0.2, 0.25) is 0 Å². The summed E-state index contributed by atoms with van der Waals surface area (Å²) in [5, 5.41) is 0. The lowest BCUT2D eigenvalue weighted by Crippen LogP contribution is -2.39. The van der Waals surface area contributed by atoms with Crippen LogP contribution in [0.5, 0.6) is 0 Å². The van der Waals surface area contributed by atoms with Gasteiger partial charge in [0.25, 0.3) is 0 Å². The molecule has 0 spiro atoms. The largest absolute Gasteiger partial charge is 0.356 e. The van der Waals surface area contributed by atoms with Crippen LogP contribution in [0.2, 0.25) is 0 Å². The van der Waals surface area contributed by atoms with Crippen molar-refractivity contribution in [2.45, 2.75) is 252 Å². The molecule has 45 heavy (non-hydrogen) atoms. The zero-order chi connectivity index (χ0) is 32.3. The van der Waals surface area contributed by atoms with Crippen LogP contribution >= 0.6 is 0 Å². The lowest BCUT2D eigenvalue weighted by Gasteiger charge is -2.33. The van der Waals surface area contributed by atoms with Crippen molar-refractivity contribution in [3.63, 3.8) is 0 Å². The molecular formula is C43H86N2. The van der Waals surface area contributed by atoms with Gasteiger partial charge >= 0.3 is 0 Å². The zero-order valence-electron chi connectivity index (χ0n) is 31.8. The molecule has 0 aliphatic carbocycles. The van der Waals surface area contributed by atoms with Crippen LogP contribution in [0.15, 0.2) is 12.4 Å². The van der Waals surface area contributed by atoms with Crippen molar-refractivity contribution < 1.29 is 0 Å². The van der Waals surface area contributed by atoms with E-state index in [1.54, 1.807) is 0 Å².